The first-order chi connectivity index (χ1) is 7.29. The second kappa shape index (κ2) is 4.13. The molecule has 0 N–H and O–H groups in total. The van der Waals surface area contributed by atoms with Crippen molar-refractivity contribution in [1.29, 1.82) is 0 Å². The largest absolute Gasteiger partial charge is 0.467 e. The summed E-state index contributed by atoms with van der Waals surface area (Å²) in [5, 5.41) is 0.845. The summed E-state index contributed by atoms with van der Waals surface area (Å²) in [5.74, 6) is 0.352. The topological polar surface area (TPSA) is 39.4 Å². The van der Waals surface area contributed by atoms with E-state index in [2.05, 4.69) is 4.74 Å². The number of carbonyl (C=O) groups is 1. The zero-order valence-corrected chi connectivity index (χ0v) is 7.90. The molecule has 0 aliphatic rings. The molecule has 15 heavy (non-hydrogen) atoms. The summed E-state index contributed by atoms with van der Waals surface area (Å²) in [7, 11) is 0. The highest BCUT2D eigenvalue weighted by molar-refractivity contribution is 5.77. The van der Waals surface area contributed by atoms with Crippen LogP contribution >= 0.6 is 0 Å². The lowest BCUT2D eigenvalue weighted by Gasteiger charge is -1.93. The van der Waals surface area contributed by atoms with Gasteiger partial charge >= 0.3 is 0 Å². The summed E-state index contributed by atoms with van der Waals surface area (Å²) in [4.78, 5) is 9.91. The van der Waals surface area contributed by atoms with E-state index in [1.807, 2.05) is 6.07 Å². The van der Waals surface area contributed by atoms with Crippen molar-refractivity contribution in [3.63, 3.8) is 0 Å². The molecule has 0 aliphatic heterocycles. The van der Waals surface area contributed by atoms with Crippen molar-refractivity contribution in [2.45, 2.75) is 6.42 Å². The Morgan fingerprint density at radius 1 is 1.40 bits per heavy atom. The van der Waals surface area contributed by atoms with Gasteiger partial charge in [-0.15, -0.1) is 0 Å². The van der Waals surface area contributed by atoms with Crippen LogP contribution in [0, 0.1) is 5.82 Å². The van der Waals surface area contributed by atoms with Gasteiger partial charge in [-0.1, -0.05) is 0 Å². The third-order valence-corrected chi connectivity index (χ3v) is 2.07. The first kappa shape index (κ1) is 9.71. The quantitative estimate of drug-likeness (QED) is 0.571. The minimum absolute atomic E-state index is 0.270. The molecule has 1 heterocycles. The third kappa shape index (κ3) is 2.15. The average Bonchev–Trinajstić information content (AvgIpc) is 2.60. The van der Waals surface area contributed by atoms with Crippen LogP contribution in [-0.2, 0) is 16.0 Å². The van der Waals surface area contributed by atoms with Gasteiger partial charge in [0.1, 0.15) is 17.2 Å². The van der Waals surface area contributed by atoms with Crippen molar-refractivity contribution in [1.82, 2.24) is 0 Å². The molecule has 0 fully saturated rings. The predicted octanol–water partition coefficient (Wildman–Crippen LogP) is 2.29. The second-order valence-corrected chi connectivity index (χ2v) is 3.11. The monoisotopic (exact) mass is 208 g/mol. The lowest BCUT2D eigenvalue weighted by molar-refractivity contribution is -0.128. The van der Waals surface area contributed by atoms with E-state index in [0.29, 0.717) is 24.2 Å². The van der Waals surface area contributed by atoms with Crippen LogP contribution in [-0.4, -0.2) is 13.1 Å². The van der Waals surface area contributed by atoms with Crippen molar-refractivity contribution in [3.8, 4) is 0 Å². The molecule has 0 radical (unpaired) electrons. The Morgan fingerprint density at radius 2 is 2.27 bits per heavy atom. The fraction of sp³-hybridized carbons (Fsp3) is 0.182. The van der Waals surface area contributed by atoms with E-state index in [-0.39, 0.29) is 12.4 Å². The molecule has 0 amide bonds. The molecule has 0 saturated carbocycles. The second-order valence-electron chi connectivity index (χ2n) is 3.11. The molecule has 2 rings (SSSR count). The molecule has 4 heteroatoms. The van der Waals surface area contributed by atoms with E-state index in [0.717, 1.165) is 5.39 Å². The fourth-order valence-electron chi connectivity index (χ4n) is 1.39. The van der Waals surface area contributed by atoms with Gasteiger partial charge in [0.25, 0.3) is 6.47 Å². The predicted molar refractivity (Wildman–Crippen MR) is 51.9 cm³/mol. The maximum atomic E-state index is 12.8. The van der Waals surface area contributed by atoms with E-state index in [1.54, 1.807) is 6.07 Å². The van der Waals surface area contributed by atoms with Gasteiger partial charge < -0.3 is 9.15 Å². The number of fused-ring (bicyclic) bond motifs is 1. The minimum Gasteiger partial charge on any atom is -0.467 e. The smallest absolute Gasteiger partial charge is 0.293 e. The van der Waals surface area contributed by atoms with E-state index in [1.165, 1.54) is 12.1 Å². The van der Waals surface area contributed by atoms with Crippen molar-refractivity contribution in [2.75, 3.05) is 6.61 Å². The zero-order valence-electron chi connectivity index (χ0n) is 7.90. The fourth-order valence-corrected chi connectivity index (χ4v) is 1.39. The number of hydrogen-bond donors (Lipinski definition) is 0. The SMILES string of the molecule is O=COCCc1cc2ccc(F)cc2o1. The molecule has 2 aromatic rings. The van der Waals surface area contributed by atoms with Gasteiger partial charge in [-0.25, -0.2) is 4.39 Å². The Labute approximate surface area is 85.4 Å². The average molecular weight is 208 g/mol. The molecule has 0 saturated heterocycles. The zero-order chi connectivity index (χ0) is 10.7. The van der Waals surface area contributed by atoms with Crippen molar-refractivity contribution < 1.29 is 18.3 Å². The lowest BCUT2D eigenvalue weighted by atomic mass is 10.2. The number of furan rings is 1. The molecule has 78 valence electrons. The highest BCUT2D eigenvalue weighted by atomic mass is 19.1. The molecule has 0 aliphatic carbocycles. The van der Waals surface area contributed by atoms with Crippen LogP contribution in [0.2, 0.25) is 0 Å². The van der Waals surface area contributed by atoms with Crippen molar-refractivity contribution in [3.05, 3.63) is 35.8 Å². The Hall–Kier alpha value is -1.84. The molecule has 0 atom stereocenters. The highest BCUT2D eigenvalue weighted by Crippen LogP contribution is 2.20. The van der Waals surface area contributed by atoms with Gasteiger partial charge in [-0.2, -0.15) is 0 Å². The van der Waals surface area contributed by atoms with Gasteiger partial charge in [0.15, 0.2) is 0 Å². The van der Waals surface area contributed by atoms with Gasteiger partial charge in [0.2, 0.25) is 0 Å². The summed E-state index contributed by atoms with van der Waals surface area (Å²) in [6.07, 6.45) is 0.495. The molecule has 1 aromatic carbocycles. The third-order valence-electron chi connectivity index (χ3n) is 2.07. The Bertz CT molecular complexity index is 476. The number of carbonyl (C=O) groups excluding carboxylic acids is 1. The summed E-state index contributed by atoms with van der Waals surface area (Å²) in [6.45, 7) is 0.661. The summed E-state index contributed by atoms with van der Waals surface area (Å²) < 4.78 is 22.7. The first-order valence-corrected chi connectivity index (χ1v) is 4.53. The summed E-state index contributed by atoms with van der Waals surface area (Å²) in [5.41, 5.74) is 0.510. The minimum atomic E-state index is -0.326. The normalized spacial score (nSPS) is 10.5. The maximum Gasteiger partial charge on any atom is 0.293 e. The lowest BCUT2D eigenvalue weighted by Crippen LogP contribution is -1.94. The number of ether oxygens (including phenoxy) is 1. The van der Waals surface area contributed by atoms with E-state index in [4.69, 9.17) is 4.42 Å². The van der Waals surface area contributed by atoms with Crippen LogP contribution in [0.5, 0.6) is 0 Å². The number of halogens is 1. The number of benzene rings is 1. The van der Waals surface area contributed by atoms with E-state index in [9.17, 15) is 9.18 Å². The van der Waals surface area contributed by atoms with Crippen molar-refractivity contribution >= 4 is 17.4 Å². The molecule has 3 nitrogen and oxygen atoms in total. The van der Waals surface area contributed by atoms with E-state index >= 15 is 0 Å². The molecule has 0 unspecified atom stereocenters. The maximum absolute atomic E-state index is 12.8. The molecule has 0 spiro atoms. The van der Waals surface area contributed by atoms with Gasteiger partial charge in [-0.05, 0) is 18.2 Å². The van der Waals surface area contributed by atoms with E-state index < -0.39 is 0 Å². The van der Waals surface area contributed by atoms with Crippen LogP contribution in [0.15, 0.2) is 28.7 Å². The Balaban J connectivity index is 2.19. The highest BCUT2D eigenvalue weighted by Gasteiger charge is 2.04. The standard InChI is InChI=1S/C11H9FO3/c12-9-2-1-8-5-10(3-4-14-7-13)15-11(8)6-9/h1-2,5-7H,3-4H2. The molecular formula is C11H9FO3. The number of hydrogen-bond acceptors (Lipinski definition) is 3. The van der Waals surface area contributed by atoms with Gasteiger partial charge in [-0.3, -0.25) is 4.79 Å². The van der Waals surface area contributed by atoms with Gasteiger partial charge in [0.05, 0.1) is 6.61 Å². The molecule has 0 bridgehead atoms. The summed E-state index contributed by atoms with van der Waals surface area (Å²) in [6, 6.07) is 6.17. The first-order valence-electron chi connectivity index (χ1n) is 4.53. The molecular weight excluding hydrogens is 199 g/mol. The van der Waals surface area contributed by atoms with Crippen LogP contribution in [0.1, 0.15) is 5.76 Å². The van der Waals surface area contributed by atoms with Crippen LogP contribution in [0.4, 0.5) is 4.39 Å². The summed E-state index contributed by atoms with van der Waals surface area (Å²) >= 11 is 0. The van der Waals surface area contributed by atoms with Crippen LogP contribution in [0.25, 0.3) is 11.0 Å². The Kier molecular flexibility index (Phi) is 2.67. The molecule has 1 aromatic heterocycles. The number of rotatable bonds is 4. The van der Waals surface area contributed by atoms with Crippen LogP contribution < -0.4 is 0 Å². The van der Waals surface area contributed by atoms with Crippen LogP contribution in [0.3, 0.4) is 0 Å². The Morgan fingerprint density at radius 3 is 3.07 bits per heavy atom. The van der Waals surface area contributed by atoms with Gasteiger partial charge in [0, 0.05) is 17.9 Å². The van der Waals surface area contributed by atoms with Crippen molar-refractivity contribution in [2.24, 2.45) is 0 Å².